The van der Waals surface area contributed by atoms with Crippen molar-refractivity contribution < 1.29 is 20.6 Å². The fourth-order valence-electron chi connectivity index (χ4n) is 1.50. The van der Waals surface area contributed by atoms with E-state index in [2.05, 4.69) is 25.4 Å². The predicted molar refractivity (Wildman–Crippen MR) is 74.9 cm³/mol. The highest BCUT2D eigenvalue weighted by Crippen LogP contribution is 2.12. The normalized spacial score (nSPS) is 10.9. The molecule has 0 spiro atoms. The van der Waals surface area contributed by atoms with Crippen LogP contribution in [0.25, 0.3) is 5.95 Å². The molecule has 3 N–H and O–H groups in total. The lowest BCUT2D eigenvalue weighted by Crippen LogP contribution is -2.34. The second-order valence-electron chi connectivity index (χ2n) is 3.81. The highest BCUT2D eigenvalue weighted by Gasteiger charge is 2.18. The van der Waals surface area contributed by atoms with Gasteiger partial charge in [0.25, 0.3) is 5.16 Å². The number of methoxy groups -OCH3 is 1. The maximum absolute atomic E-state index is 11.6. The number of pyridine rings is 1. The van der Waals surface area contributed by atoms with Crippen LogP contribution < -0.4 is 10.3 Å². The topological polar surface area (TPSA) is 115 Å². The van der Waals surface area contributed by atoms with E-state index in [0.717, 1.165) is 0 Å². The van der Waals surface area contributed by atoms with Crippen molar-refractivity contribution in [3.63, 3.8) is 0 Å². The lowest BCUT2D eigenvalue weighted by atomic mass is 10.3. The molecule has 2 rings (SSSR count). The highest BCUT2D eigenvalue weighted by atomic mass is 32.2. The summed E-state index contributed by atoms with van der Waals surface area (Å²) in [6.07, 6.45) is 3.19. The quantitative estimate of drug-likeness (QED) is 0.421. The smallest absolute Gasteiger partial charge is 0.443 e. The predicted octanol–water partition coefficient (Wildman–Crippen LogP) is -0.399. The van der Waals surface area contributed by atoms with Crippen molar-refractivity contribution >= 4 is 23.7 Å². The van der Waals surface area contributed by atoms with Gasteiger partial charge in [-0.25, -0.2) is 9.36 Å². The fraction of sp³-hybridized carbons (Fsp3) is 0.250. The van der Waals surface area contributed by atoms with Gasteiger partial charge in [-0.1, -0.05) is 11.8 Å². The Morgan fingerprint density at radius 3 is 3.14 bits per heavy atom. The van der Waals surface area contributed by atoms with Crippen LogP contribution in [0.4, 0.5) is 5.95 Å². The van der Waals surface area contributed by atoms with Crippen LogP contribution in [-0.2, 0) is 4.74 Å². The van der Waals surface area contributed by atoms with Crippen LogP contribution in [0.3, 0.4) is 0 Å². The van der Waals surface area contributed by atoms with Gasteiger partial charge >= 0.3 is 17.9 Å². The molecule has 2 aromatic rings. The number of rotatable bonds is 6. The standard InChI is InChI=1S/C12H14N5O3S/c1-20-9(19)8-3-2-4-17(7-8)11-14-10(13)15-12(16-11)21-6-5-18/h2-4,7,18H,5-6H2,1H3,(H2,13,14,15,16)/q+1/i/hD. The Hall–Kier alpha value is -2.26. The Kier molecular flexibility index (Phi) is 4.54. The first-order valence-electron chi connectivity index (χ1n) is 6.45. The molecule has 8 nitrogen and oxygen atoms in total. The first kappa shape index (κ1) is 13.7. The molecule has 21 heavy (non-hydrogen) atoms. The molecule has 0 radical (unpaired) electrons. The lowest BCUT2D eigenvalue weighted by Gasteiger charge is -2.01. The SMILES string of the molecule is [2H]Nc1nc(SCCO)nc(-[n+]2cccc(C(=O)OC)c2)n1. The molecule has 0 unspecified atom stereocenters. The van der Waals surface area contributed by atoms with Gasteiger partial charge in [-0.05, 0) is 22.1 Å². The second-order valence-corrected chi connectivity index (χ2v) is 4.87. The first-order valence-corrected chi connectivity index (χ1v) is 6.94. The van der Waals surface area contributed by atoms with Gasteiger partial charge in [0.2, 0.25) is 0 Å². The molecule has 110 valence electrons. The number of hydrogen-bond donors (Lipinski definition) is 2. The summed E-state index contributed by atoms with van der Waals surface area (Å²) < 4.78 is 13.4. The summed E-state index contributed by atoms with van der Waals surface area (Å²) in [6, 6.07) is 3.26. The number of ether oxygens (including phenoxy) is 1. The molecule has 9 heteroatoms. The molecule has 0 bridgehead atoms. The largest absolute Gasteiger partial charge is 0.465 e. The molecular formula is C12H14N5O3S+. The molecule has 0 aliphatic heterocycles. The number of nitrogen functional groups attached to an aromatic ring is 1. The molecule has 0 saturated carbocycles. The van der Waals surface area contributed by atoms with E-state index < -0.39 is 5.97 Å². The van der Waals surface area contributed by atoms with E-state index in [1.807, 2.05) is 0 Å². The minimum absolute atomic E-state index is 0.0136. The van der Waals surface area contributed by atoms with Crippen molar-refractivity contribution in [2.45, 2.75) is 5.16 Å². The summed E-state index contributed by atoms with van der Waals surface area (Å²) in [5.41, 5.74) is 2.45. The van der Waals surface area contributed by atoms with Gasteiger partial charge in [0, 0.05) is 5.75 Å². The summed E-state index contributed by atoms with van der Waals surface area (Å²) in [5, 5.41) is 9.23. The Morgan fingerprint density at radius 1 is 1.57 bits per heavy atom. The lowest BCUT2D eigenvalue weighted by molar-refractivity contribution is -0.604. The van der Waals surface area contributed by atoms with Crippen molar-refractivity contribution in [2.24, 2.45) is 0 Å². The number of carbonyl (C=O) groups excluding carboxylic acids is 1. The van der Waals surface area contributed by atoms with Crippen molar-refractivity contribution in [1.82, 2.24) is 15.0 Å². The Balaban J connectivity index is 2.40. The molecule has 0 amide bonds. The summed E-state index contributed by atoms with van der Waals surface area (Å²) in [6.45, 7) is -0.0136. The minimum atomic E-state index is -0.475. The van der Waals surface area contributed by atoms with Crippen LogP contribution in [0.1, 0.15) is 10.4 Å². The van der Waals surface area contributed by atoms with Crippen molar-refractivity contribution in [3.05, 3.63) is 30.1 Å². The number of aliphatic hydroxyl groups is 1. The number of hydrogen-bond acceptors (Lipinski definition) is 8. The Morgan fingerprint density at radius 2 is 2.43 bits per heavy atom. The maximum Gasteiger partial charge on any atom is 0.443 e. The van der Waals surface area contributed by atoms with Gasteiger partial charge in [0.15, 0.2) is 1.41 Å². The summed E-state index contributed by atoms with van der Waals surface area (Å²) in [5.74, 6) is 0.266. The van der Waals surface area contributed by atoms with Crippen LogP contribution in [0, 0.1) is 0 Å². The third-order valence-corrected chi connectivity index (χ3v) is 3.21. The third-order valence-electron chi connectivity index (χ3n) is 2.38. The molecule has 0 atom stereocenters. The summed E-state index contributed by atoms with van der Waals surface area (Å²) in [4.78, 5) is 23.9. The zero-order valence-electron chi connectivity index (χ0n) is 12.2. The van der Waals surface area contributed by atoms with Gasteiger partial charge in [-0.15, -0.1) is 0 Å². The van der Waals surface area contributed by atoms with Crippen molar-refractivity contribution in [2.75, 3.05) is 25.2 Å². The minimum Gasteiger partial charge on any atom is -0.465 e. The van der Waals surface area contributed by atoms with E-state index in [0.29, 0.717) is 16.5 Å². The number of aliphatic hydroxyl groups excluding tert-OH is 1. The number of carbonyl (C=O) groups is 1. The Labute approximate surface area is 126 Å². The highest BCUT2D eigenvalue weighted by molar-refractivity contribution is 7.99. The van der Waals surface area contributed by atoms with Crippen LogP contribution in [0.5, 0.6) is 0 Å². The van der Waals surface area contributed by atoms with Crippen molar-refractivity contribution in [3.8, 4) is 5.95 Å². The van der Waals surface area contributed by atoms with Gasteiger partial charge < -0.3 is 15.6 Å². The number of thioether (sulfide) groups is 1. The average molecular weight is 309 g/mol. The molecule has 2 heterocycles. The molecule has 2 aromatic heterocycles. The van der Waals surface area contributed by atoms with E-state index >= 15 is 0 Å². The second kappa shape index (κ2) is 6.95. The number of anilines is 1. The third kappa shape index (κ3) is 3.86. The monoisotopic (exact) mass is 309 g/mol. The van der Waals surface area contributed by atoms with Gasteiger partial charge in [0.1, 0.15) is 0 Å². The first-order chi connectivity index (χ1) is 10.7. The average Bonchev–Trinajstić information content (AvgIpc) is 2.59. The van der Waals surface area contributed by atoms with Gasteiger partial charge in [0.05, 0.1) is 31.7 Å². The number of nitrogens with zero attached hydrogens (tertiary/aromatic N) is 4. The van der Waals surface area contributed by atoms with E-state index in [9.17, 15) is 4.79 Å². The molecule has 0 saturated heterocycles. The van der Waals surface area contributed by atoms with E-state index in [1.54, 1.807) is 18.3 Å². The maximum atomic E-state index is 11.6. The molecule has 0 aliphatic rings. The van der Waals surface area contributed by atoms with E-state index in [1.165, 1.54) is 29.6 Å². The van der Waals surface area contributed by atoms with E-state index in [4.69, 9.17) is 6.52 Å². The summed E-state index contributed by atoms with van der Waals surface area (Å²) >= 11 is 1.23. The fourth-order valence-corrected chi connectivity index (χ4v) is 2.07. The number of nitrogens with two attached hydrogens (primary N) is 1. The van der Waals surface area contributed by atoms with Crippen LogP contribution in [0.15, 0.2) is 29.7 Å². The Bertz CT molecular complexity index is 673. The summed E-state index contributed by atoms with van der Waals surface area (Å²) in [7, 11) is 1.30. The molecule has 0 aliphatic carbocycles. The van der Waals surface area contributed by atoms with Gasteiger partial charge in [-0.3, -0.25) is 0 Å². The number of esters is 1. The molecule has 0 fully saturated rings. The van der Waals surface area contributed by atoms with Crippen LogP contribution >= 0.6 is 11.8 Å². The van der Waals surface area contributed by atoms with Crippen LogP contribution in [0.2, 0.25) is 1.41 Å². The van der Waals surface area contributed by atoms with Crippen LogP contribution in [-0.4, -0.2) is 45.5 Å². The zero-order chi connectivity index (χ0) is 15.9. The molecular weight excluding hydrogens is 294 g/mol. The zero-order valence-corrected chi connectivity index (χ0v) is 12.0. The van der Waals surface area contributed by atoms with Gasteiger partial charge in [-0.2, -0.15) is 4.98 Å². The van der Waals surface area contributed by atoms with E-state index in [-0.39, 0.29) is 18.5 Å². The molecule has 0 aromatic carbocycles. The van der Waals surface area contributed by atoms with Crippen molar-refractivity contribution in [1.29, 1.82) is 0 Å². The number of aromatic nitrogens is 4.